The molecule has 0 atom stereocenters. The first kappa shape index (κ1) is 19.1. The predicted molar refractivity (Wildman–Crippen MR) is 120 cm³/mol. The van der Waals surface area contributed by atoms with Crippen LogP contribution in [0.5, 0.6) is 11.5 Å². The fourth-order valence-electron chi connectivity index (χ4n) is 3.97. The molecule has 0 N–H and O–H groups in total. The molecule has 3 aromatic carbocycles. The third-order valence-corrected chi connectivity index (χ3v) is 5.46. The highest BCUT2D eigenvalue weighted by atomic mass is 19.1. The summed E-state index contributed by atoms with van der Waals surface area (Å²) < 4.78 is 26.5. The lowest BCUT2D eigenvalue weighted by Gasteiger charge is -2.13. The second-order valence-electron chi connectivity index (χ2n) is 7.26. The van der Waals surface area contributed by atoms with Crippen LogP contribution in [0.3, 0.4) is 0 Å². The van der Waals surface area contributed by atoms with Crippen LogP contribution in [-0.4, -0.2) is 28.8 Å². The van der Waals surface area contributed by atoms with Crippen molar-refractivity contribution in [2.45, 2.75) is 6.92 Å². The summed E-state index contributed by atoms with van der Waals surface area (Å²) in [4.78, 5) is 9.35. The first-order valence-electron chi connectivity index (χ1n) is 9.85. The molecule has 2 aromatic heterocycles. The van der Waals surface area contributed by atoms with Crippen LogP contribution in [-0.2, 0) is 0 Å². The predicted octanol–water partition coefficient (Wildman–Crippen LogP) is 5.71. The highest BCUT2D eigenvalue weighted by molar-refractivity contribution is 6.05. The van der Waals surface area contributed by atoms with Gasteiger partial charge >= 0.3 is 0 Å². The van der Waals surface area contributed by atoms with E-state index in [1.165, 1.54) is 12.1 Å². The van der Waals surface area contributed by atoms with Gasteiger partial charge in [0.25, 0.3) is 0 Å². The number of methoxy groups -OCH3 is 2. The van der Waals surface area contributed by atoms with Gasteiger partial charge in [0.2, 0.25) is 0 Å². The number of aromatic nitrogens is 3. The van der Waals surface area contributed by atoms with Crippen LogP contribution in [0.25, 0.3) is 38.8 Å². The van der Waals surface area contributed by atoms with E-state index in [0.717, 1.165) is 50.3 Å². The average molecular weight is 413 g/mol. The average Bonchev–Trinajstić information content (AvgIpc) is 3.15. The summed E-state index contributed by atoms with van der Waals surface area (Å²) in [7, 11) is 3.28. The van der Waals surface area contributed by atoms with E-state index in [-0.39, 0.29) is 5.82 Å². The van der Waals surface area contributed by atoms with Crippen LogP contribution in [0, 0.1) is 12.7 Å². The molecule has 154 valence electrons. The van der Waals surface area contributed by atoms with Gasteiger partial charge in [-0.15, -0.1) is 0 Å². The number of hydrogen-bond acceptors (Lipinski definition) is 4. The maximum absolute atomic E-state index is 13.4. The molecule has 0 aliphatic carbocycles. The third-order valence-electron chi connectivity index (χ3n) is 5.46. The second kappa shape index (κ2) is 7.40. The molecule has 0 saturated carbocycles. The van der Waals surface area contributed by atoms with E-state index in [0.29, 0.717) is 5.75 Å². The fraction of sp³-hybridized carbons (Fsp3) is 0.120. The lowest BCUT2D eigenvalue weighted by molar-refractivity contribution is 0.414. The number of nitrogens with zero attached hydrogens (tertiary/aromatic N) is 3. The zero-order chi connectivity index (χ0) is 21.5. The molecule has 0 amide bonds. The Balaban J connectivity index is 1.78. The van der Waals surface area contributed by atoms with Gasteiger partial charge in [0, 0.05) is 16.6 Å². The van der Waals surface area contributed by atoms with E-state index < -0.39 is 0 Å². The molecule has 6 heteroatoms. The number of imidazole rings is 1. The van der Waals surface area contributed by atoms with Crippen molar-refractivity contribution in [3.8, 4) is 28.3 Å². The van der Waals surface area contributed by atoms with Gasteiger partial charge in [-0.3, -0.25) is 9.55 Å². The first-order chi connectivity index (χ1) is 15.1. The van der Waals surface area contributed by atoms with Gasteiger partial charge < -0.3 is 9.47 Å². The van der Waals surface area contributed by atoms with E-state index in [1.807, 2.05) is 43.3 Å². The Morgan fingerprint density at radius 1 is 0.871 bits per heavy atom. The fourth-order valence-corrected chi connectivity index (χ4v) is 3.97. The summed E-state index contributed by atoms with van der Waals surface area (Å²) in [5.74, 6) is 2.06. The molecule has 0 unspecified atom stereocenters. The van der Waals surface area contributed by atoms with Crippen molar-refractivity contribution in [3.63, 3.8) is 0 Å². The van der Waals surface area contributed by atoms with Gasteiger partial charge in [-0.05, 0) is 61.0 Å². The smallest absolute Gasteiger partial charge is 0.127 e. The number of ether oxygens (including phenoxy) is 2. The zero-order valence-corrected chi connectivity index (χ0v) is 17.4. The minimum absolute atomic E-state index is 0.276. The normalized spacial score (nSPS) is 11.2. The Morgan fingerprint density at radius 2 is 1.61 bits per heavy atom. The SMILES string of the molecule is COc1ccc(-n2c(C)nc3cnc4cc(-c5ccc(F)cc5)c(OC)cc4c32)cc1. The standard InChI is InChI=1S/C25H20FN3O2/c1-15-28-23-14-27-22-12-20(16-4-6-17(26)7-5-16)24(31-3)13-21(22)25(23)29(15)18-8-10-19(30-2)11-9-18/h4-14H,1-3H3. The van der Waals surface area contributed by atoms with Crippen molar-refractivity contribution in [1.82, 2.24) is 14.5 Å². The van der Waals surface area contributed by atoms with Gasteiger partial charge in [0.05, 0.1) is 31.4 Å². The van der Waals surface area contributed by atoms with E-state index in [9.17, 15) is 4.39 Å². The highest BCUT2D eigenvalue weighted by Gasteiger charge is 2.17. The molecule has 0 fully saturated rings. The third kappa shape index (κ3) is 3.17. The van der Waals surface area contributed by atoms with Crippen LogP contribution in [0.4, 0.5) is 4.39 Å². The van der Waals surface area contributed by atoms with Crippen LogP contribution in [0.1, 0.15) is 5.82 Å². The van der Waals surface area contributed by atoms with E-state index in [2.05, 4.69) is 9.55 Å². The molecule has 0 radical (unpaired) electrons. The number of hydrogen-bond donors (Lipinski definition) is 0. The maximum Gasteiger partial charge on any atom is 0.127 e. The molecule has 31 heavy (non-hydrogen) atoms. The first-order valence-corrected chi connectivity index (χ1v) is 9.85. The lowest BCUT2D eigenvalue weighted by atomic mass is 10.0. The Bertz CT molecular complexity index is 1410. The van der Waals surface area contributed by atoms with Gasteiger partial charge in [-0.1, -0.05) is 12.1 Å². The molecular weight excluding hydrogens is 393 g/mol. The molecule has 2 heterocycles. The number of fused-ring (bicyclic) bond motifs is 3. The maximum atomic E-state index is 13.4. The summed E-state index contributed by atoms with van der Waals surface area (Å²) in [6.07, 6.45) is 1.78. The van der Waals surface area contributed by atoms with Crippen LogP contribution in [0.2, 0.25) is 0 Å². The monoisotopic (exact) mass is 413 g/mol. The second-order valence-corrected chi connectivity index (χ2v) is 7.26. The molecular formula is C25H20FN3O2. The van der Waals surface area contributed by atoms with Crippen molar-refractivity contribution in [2.75, 3.05) is 14.2 Å². The number of benzene rings is 3. The van der Waals surface area contributed by atoms with Crippen LogP contribution < -0.4 is 9.47 Å². The zero-order valence-electron chi connectivity index (χ0n) is 17.4. The molecule has 0 aliphatic heterocycles. The van der Waals surface area contributed by atoms with Crippen molar-refractivity contribution in [2.24, 2.45) is 0 Å². The van der Waals surface area contributed by atoms with E-state index >= 15 is 0 Å². The minimum atomic E-state index is -0.276. The van der Waals surface area contributed by atoms with Gasteiger partial charge in [-0.2, -0.15) is 0 Å². The minimum Gasteiger partial charge on any atom is -0.497 e. The van der Waals surface area contributed by atoms with Crippen molar-refractivity contribution < 1.29 is 13.9 Å². The van der Waals surface area contributed by atoms with Gasteiger partial charge in [0.1, 0.15) is 28.7 Å². The Hall–Kier alpha value is -3.93. The molecule has 0 bridgehead atoms. The number of rotatable bonds is 4. The molecule has 5 nitrogen and oxygen atoms in total. The van der Waals surface area contributed by atoms with Crippen LogP contribution >= 0.6 is 0 Å². The number of aryl methyl sites for hydroxylation is 1. The van der Waals surface area contributed by atoms with Crippen molar-refractivity contribution in [1.29, 1.82) is 0 Å². The lowest BCUT2D eigenvalue weighted by Crippen LogP contribution is -1.98. The molecule has 0 spiro atoms. The highest BCUT2D eigenvalue weighted by Crippen LogP contribution is 2.37. The summed E-state index contributed by atoms with van der Waals surface area (Å²) in [6, 6.07) is 18.2. The summed E-state index contributed by atoms with van der Waals surface area (Å²) in [5.41, 5.74) is 5.27. The Morgan fingerprint density at radius 3 is 2.29 bits per heavy atom. The largest absolute Gasteiger partial charge is 0.497 e. The topological polar surface area (TPSA) is 49.2 Å². The molecule has 0 saturated heterocycles. The summed E-state index contributed by atoms with van der Waals surface area (Å²) >= 11 is 0. The van der Waals surface area contributed by atoms with E-state index in [1.54, 1.807) is 32.5 Å². The van der Waals surface area contributed by atoms with Gasteiger partial charge in [-0.25, -0.2) is 9.37 Å². The Labute approximate surface area is 178 Å². The molecule has 5 rings (SSSR count). The quantitative estimate of drug-likeness (QED) is 0.379. The summed E-state index contributed by atoms with van der Waals surface area (Å²) in [6.45, 7) is 1.97. The molecule has 0 aliphatic rings. The van der Waals surface area contributed by atoms with Gasteiger partial charge in [0.15, 0.2) is 0 Å². The van der Waals surface area contributed by atoms with E-state index in [4.69, 9.17) is 14.5 Å². The number of pyridine rings is 1. The van der Waals surface area contributed by atoms with Crippen molar-refractivity contribution >= 4 is 21.9 Å². The molecule has 5 aromatic rings. The number of halogens is 1. The Kier molecular flexibility index (Phi) is 4.55. The van der Waals surface area contributed by atoms with Crippen LogP contribution in [0.15, 0.2) is 66.9 Å². The van der Waals surface area contributed by atoms with Crippen molar-refractivity contribution in [3.05, 3.63) is 78.5 Å². The summed E-state index contributed by atoms with van der Waals surface area (Å²) in [5, 5.41) is 0.927.